The zero-order valence-electron chi connectivity index (χ0n) is 44.6. The molecule has 2 unspecified atom stereocenters. The highest BCUT2D eigenvalue weighted by Crippen LogP contribution is 2.44. The molecular weight excluding hydrogens is 847 g/mol. The molecule has 0 aromatic heterocycles. The number of rotatable bonds is 2. The topological polar surface area (TPSA) is 120 Å². The third kappa shape index (κ3) is 12.4. The Kier molecular flexibility index (Phi) is 15.2. The van der Waals surface area contributed by atoms with E-state index in [1.807, 2.05) is 7.05 Å². The van der Waals surface area contributed by atoms with E-state index in [0.29, 0.717) is 50.3 Å². The van der Waals surface area contributed by atoms with Crippen molar-refractivity contribution in [3.63, 3.8) is 0 Å². The van der Waals surface area contributed by atoms with Crippen molar-refractivity contribution in [2.75, 3.05) is 33.4 Å². The van der Waals surface area contributed by atoms with E-state index in [-0.39, 0.29) is 82.1 Å². The number of hydrogen-bond donors (Lipinski definition) is 4. The van der Waals surface area contributed by atoms with Gasteiger partial charge in [0.05, 0.1) is 0 Å². The first kappa shape index (κ1) is 52.4. The SMILES string of the molecule is CC(C)C1CN(C)CC(C(C)C)NC(=O)COc2c3cc(C(C)(C)C)cc2Cc2cc(C(C)(C)C)cc(c2O)Cc2cc(C(C)(C)C)cc(c2OCC(=O)N1)Cc1cc(C(C)(C)C)cc(c1O)C3. The van der Waals surface area contributed by atoms with Gasteiger partial charge in [-0.15, -0.1) is 0 Å². The minimum absolute atomic E-state index is 0.114. The predicted octanol–water partition coefficient (Wildman–Crippen LogP) is 10.9. The Morgan fingerprint density at radius 1 is 0.471 bits per heavy atom. The predicted molar refractivity (Wildman–Crippen MR) is 277 cm³/mol. The van der Waals surface area contributed by atoms with Crippen molar-refractivity contribution >= 4 is 11.8 Å². The molecule has 0 saturated carbocycles. The average molecular weight is 930 g/mol. The summed E-state index contributed by atoms with van der Waals surface area (Å²) in [4.78, 5) is 30.5. The highest BCUT2D eigenvalue weighted by Gasteiger charge is 2.30. The summed E-state index contributed by atoms with van der Waals surface area (Å²) in [6, 6.07) is 16.7. The van der Waals surface area contributed by atoms with Gasteiger partial charge in [0.1, 0.15) is 23.0 Å². The van der Waals surface area contributed by atoms with E-state index < -0.39 is 0 Å². The van der Waals surface area contributed by atoms with E-state index in [2.05, 4.69) is 175 Å². The first-order valence-electron chi connectivity index (χ1n) is 24.9. The van der Waals surface area contributed by atoms with Gasteiger partial charge in [0.2, 0.25) is 0 Å². The second-order valence-electron chi connectivity index (χ2n) is 24.9. The van der Waals surface area contributed by atoms with Crippen LogP contribution in [0.15, 0.2) is 48.5 Å². The van der Waals surface area contributed by atoms with E-state index >= 15 is 0 Å². The number of aromatic hydroxyl groups is 2. The minimum Gasteiger partial charge on any atom is -0.507 e. The van der Waals surface area contributed by atoms with Gasteiger partial charge in [-0.05, 0) is 107 Å². The van der Waals surface area contributed by atoms with Crippen LogP contribution in [-0.4, -0.2) is 72.4 Å². The molecule has 2 amide bonds. The molecule has 7 rings (SSSR count). The molecule has 1 aliphatic carbocycles. The zero-order valence-corrected chi connectivity index (χ0v) is 44.6. The summed E-state index contributed by atoms with van der Waals surface area (Å²) >= 11 is 0. The molecule has 2 heterocycles. The maximum atomic E-state index is 14.2. The van der Waals surface area contributed by atoms with Gasteiger partial charge in [-0.25, -0.2) is 0 Å². The van der Waals surface area contributed by atoms with E-state index in [9.17, 15) is 19.8 Å². The van der Waals surface area contributed by atoms with Gasteiger partial charge < -0.3 is 35.2 Å². The molecule has 3 aliphatic rings. The number of carbonyl (C=O) groups excluding carboxylic acids is 2. The molecule has 2 aliphatic heterocycles. The standard InChI is InChI=1S/C59H83N3O6/c1-34(2)48-30-62(17)31-49(35(3)4)61-51(64)33-68-55-42-20-38-24-44(56(5,6)7)22-36(52(38)65)18-40-26-46(58(11,12)13)27-41(54(40)67-32-50(63)60-48)19-37-23-45(57(8,9)10)25-39(53(37)66)21-43(55)29-47(28-42)59(14,15)16/h22-29,34-35,48-49,65-66H,18-21,30-33H2,1-17H3,(H,60,63)(H,61,64). The molecule has 0 saturated heterocycles. The second-order valence-corrected chi connectivity index (χ2v) is 24.9. The van der Waals surface area contributed by atoms with Gasteiger partial charge in [-0.1, -0.05) is 159 Å². The van der Waals surface area contributed by atoms with Crippen molar-refractivity contribution in [1.82, 2.24) is 15.5 Å². The molecule has 2 atom stereocenters. The number of phenols is 2. The van der Waals surface area contributed by atoms with Gasteiger partial charge in [0.15, 0.2) is 13.2 Å². The van der Waals surface area contributed by atoms with Crippen LogP contribution in [0, 0.1) is 11.8 Å². The van der Waals surface area contributed by atoms with Crippen molar-refractivity contribution < 1.29 is 29.3 Å². The normalized spacial score (nSPS) is 18.5. The van der Waals surface area contributed by atoms with E-state index in [0.717, 1.165) is 66.8 Å². The van der Waals surface area contributed by atoms with Crippen molar-refractivity contribution in [1.29, 1.82) is 0 Å². The van der Waals surface area contributed by atoms with Crippen LogP contribution in [0.4, 0.5) is 0 Å². The highest BCUT2D eigenvalue weighted by atomic mass is 16.5. The maximum absolute atomic E-state index is 14.2. The third-order valence-corrected chi connectivity index (χ3v) is 14.0. The number of likely N-dealkylation sites (N-methyl/N-ethyl adjacent to an activating group) is 1. The average Bonchev–Trinajstić information content (AvgIpc) is 3.19. The van der Waals surface area contributed by atoms with Gasteiger partial charge in [0, 0.05) is 50.9 Å². The Labute approximate surface area is 408 Å². The largest absolute Gasteiger partial charge is 0.507 e. The maximum Gasteiger partial charge on any atom is 0.258 e. The van der Waals surface area contributed by atoms with Crippen molar-refractivity contribution in [2.24, 2.45) is 11.8 Å². The molecule has 370 valence electrons. The fraction of sp³-hybridized carbons (Fsp3) is 0.559. The smallest absolute Gasteiger partial charge is 0.258 e. The minimum atomic E-state index is -0.270. The van der Waals surface area contributed by atoms with Crippen LogP contribution in [0.25, 0.3) is 0 Å². The van der Waals surface area contributed by atoms with E-state index in [4.69, 9.17) is 9.47 Å². The number of phenolic OH excluding ortho intramolecular Hbond substituents is 2. The molecule has 10 bridgehead atoms. The molecule has 0 fully saturated rings. The number of hydrogen-bond acceptors (Lipinski definition) is 7. The number of carbonyl (C=O) groups is 2. The third-order valence-electron chi connectivity index (χ3n) is 14.0. The van der Waals surface area contributed by atoms with Crippen LogP contribution in [0.3, 0.4) is 0 Å². The van der Waals surface area contributed by atoms with Crippen LogP contribution in [-0.2, 0) is 56.9 Å². The number of benzene rings is 4. The zero-order chi connectivity index (χ0) is 50.4. The summed E-state index contributed by atoms with van der Waals surface area (Å²) in [5.74, 6) is 1.28. The second kappa shape index (κ2) is 19.8. The molecule has 9 heteroatoms. The molecular formula is C59H83N3O6. The lowest BCUT2D eigenvalue weighted by Gasteiger charge is -2.32. The van der Waals surface area contributed by atoms with Crippen LogP contribution >= 0.6 is 0 Å². The van der Waals surface area contributed by atoms with Crippen molar-refractivity contribution in [3.05, 3.63) is 115 Å². The summed E-state index contributed by atoms with van der Waals surface area (Å²) in [6.07, 6.45) is 1.29. The number of ether oxygens (including phenoxy) is 2. The van der Waals surface area contributed by atoms with E-state index in [1.54, 1.807) is 0 Å². The first-order chi connectivity index (χ1) is 31.4. The van der Waals surface area contributed by atoms with E-state index in [1.165, 1.54) is 0 Å². The highest BCUT2D eigenvalue weighted by molar-refractivity contribution is 5.78. The molecule has 68 heavy (non-hydrogen) atoms. The number of nitrogens with one attached hydrogen (secondary N) is 2. The first-order valence-corrected chi connectivity index (χ1v) is 24.9. The van der Waals surface area contributed by atoms with Crippen LogP contribution in [0.1, 0.15) is 178 Å². The number of nitrogens with zero attached hydrogens (tertiary/aromatic N) is 1. The summed E-state index contributed by atoms with van der Waals surface area (Å²) in [7, 11) is 2.03. The number of amides is 2. The Hall–Kier alpha value is -5.02. The quantitative estimate of drug-likeness (QED) is 0.130. The number of fused-ring (bicyclic) bond motifs is 12. The Morgan fingerprint density at radius 3 is 0.926 bits per heavy atom. The monoisotopic (exact) mass is 930 g/mol. The summed E-state index contributed by atoms with van der Waals surface area (Å²) in [5, 5.41) is 31.9. The van der Waals surface area contributed by atoms with Crippen molar-refractivity contribution in [2.45, 2.75) is 170 Å². The van der Waals surface area contributed by atoms with Crippen LogP contribution < -0.4 is 20.1 Å². The Balaban J connectivity index is 1.74. The molecule has 4 N–H and O–H groups in total. The fourth-order valence-corrected chi connectivity index (χ4v) is 9.38. The van der Waals surface area contributed by atoms with Crippen LogP contribution in [0.5, 0.6) is 23.0 Å². The fourth-order valence-electron chi connectivity index (χ4n) is 9.38. The van der Waals surface area contributed by atoms with Gasteiger partial charge in [0.25, 0.3) is 11.8 Å². The van der Waals surface area contributed by atoms with Gasteiger partial charge >= 0.3 is 0 Å². The molecule has 9 nitrogen and oxygen atoms in total. The summed E-state index contributed by atoms with van der Waals surface area (Å²) in [6.45, 7) is 35.3. The molecule has 4 aromatic rings. The van der Waals surface area contributed by atoms with Crippen molar-refractivity contribution in [3.8, 4) is 23.0 Å². The summed E-state index contributed by atoms with van der Waals surface area (Å²) in [5.41, 5.74) is 9.57. The van der Waals surface area contributed by atoms with Gasteiger partial charge in [-0.2, -0.15) is 0 Å². The van der Waals surface area contributed by atoms with Gasteiger partial charge in [-0.3, -0.25) is 9.59 Å². The molecule has 0 radical (unpaired) electrons. The Morgan fingerprint density at radius 2 is 0.706 bits per heavy atom. The molecule has 0 spiro atoms. The Bertz CT molecular complexity index is 2240. The molecule has 4 aromatic carbocycles. The lowest BCUT2D eigenvalue weighted by molar-refractivity contribution is -0.124. The lowest BCUT2D eigenvalue weighted by atomic mass is 9.79. The summed E-state index contributed by atoms with van der Waals surface area (Å²) < 4.78 is 13.7. The lowest BCUT2D eigenvalue weighted by Crippen LogP contribution is -2.52. The van der Waals surface area contributed by atoms with Crippen LogP contribution in [0.2, 0.25) is 0 Å².